The molecule has 0 bridgehead atoms. The predicted octanol–water partition coefficient (Wildman–Crippen LogP) is 2.05. The fourth-order valence-electron chi connectivity index (χ4n) is 1.58. The van der Waals surface area contributed by atoms with Crippen molar-refractivity contribution in [1.82, 2.24) is 4.98 Å². The molecule has 0 spiro atoms. The Morgan fingerprint density at radius 3 is 2.76 bits per heavy atom. The summed E-state index contributed by atoms with van der Waals surface area (Å²) >= 11 is 1.22. The van der Waals surface area contributed by atoms with Gasteiger partial charge in [0.05, 0.1) is 11.4 Å². The Hall–Kier alpha value is -2.41. The van der Waals surface area contributed by atoms with E-state index in [0.29, 0.717) is 10.6 Å². The van der Waals surface area contributed by atoms with Crippen LogP contribution < -0.4 is 11.1 Å². The maximum Gasteiger partial charge on any atom is 0.255 e. The molecule has 0 unspecified atom stereocenters. The third kappa shape index (κ3) is 4.28. The van der Waals surface area contributed by atoms with Gasteiger partial charge < -0.3 is 11.1 Å². The molecule has 0 aliphatic heterocycles. The van der Waals surface area contributed by atoms with E-state index in [9.17, 15) is 14.0 Å². The lowest BCUT2D eigenvalue weighted by Crippen LogP contribution is -2.15. The second kappa shape index (κ2) is 6.85. The largest absolute Gasteiger partial charge is 0.369 e. The van der Waals surface area contributed by atoms with Gasteiger partial charge in [0.25, 0.3) is 5.91 Å². The number of benzene rings is 1. The van der Waals surface area contributed by atoms with Gasteiger partial charge in [0.2, 0.25) is 11.9 Å². The van der Waals surface area contributed by atoms with E-state index in [1.54, 1.807) is 24.3 Å². The summed E-state index contributed by atoms with van der Waals surface area (Å²) in [4.78, 5) is 27.0. The normalized spacial score (nSPS) is 10.1. The number of pyridine rings is 1. The van der Waals surface area contributed by atoms with Gasteiger partial charge >= 0.3 is 0 Å². The van der Waals surface area contributed by atoms with Crippen molar-refractivity contribution in [2.45, 2.75) is 4.90 Å². The molecule has 2 aromatic rings. The van der Waals surface area contributed by atoms with Crippen molar-refractivity contribution in [3.8, 4) is 0 Å². The standard InChI is InChI=1S/C14H12FN3O2S/c15-12-7-9(5-6-17-12)14(20)18-10-3-1-2-4-11(10)21-8-13(16)19/h1-7H,8H2,(H2,16,19)(H,18,20). The molecule has 1 aromatic carbocycles. The van der Waals surface area contributed by atoms with E-state index in [4.69, 9.17) is 5.73 Å². The van der Waals surface area contributed by atoms with Crippen molar-refractivity contribution >= 4 is 29.3 Å². The number of nitrogens with one attached hydrogen (secondary N) is 1. The summed E-state index contributed by atoms with van der Waals surface area (Å²) in [7, 11) is 0. The summed E-state index contributed by atoms with van der Waals surface area (Å²) in [5, 5.41) is 2.67. The van der Waals surface area contributed by atoms with E-state index >= 15 is 0 Å². The van der Waals surface area contributed by atoms with Crippen LogP contribution in [-0.2, 0) is 4.79 Å². The summed E-state index contributed by atoms with van der Waals surface area (Å²) in [6.45, 7) is 0. The molecule has 1 heterocycles. The minimum atomic E-state index is -0.723. The van der Waals surface area contributed by atoms with Crippen LogP contribution in [0.25, 0.3) is 0 Å². The number of aromatic nitrogens is 1. The SMILES string of the molecule is NC(=O)CSc1ccccc1NC(=O)c1ccnc(F)c1. The van der Waals surface area contributed by atoms with Crippen molar-refractivity contribution < 1.29 is 14.0 Å². The van der Waals surface area contributed by atoms with Crippen LogP contribution in [0.1, 0.15) is 10.4 Å². The number of nitrogens with zero attached hydrogens (tertiary/aromatic N) is 1. The Labute approximate surface area is 124 Å². The summed E-state index contributed by atoms with van der Waals surface area (Å²) in [5.41, 5.74) is 5.80. The van der Waals surface area contributed by atoms with Gasteiger partial charge in [0.15, 0.2) is 0 Å². The molecule has 1 aromatic heterocycles. The first-order valence-corrected chi connectivity index (χ1v) is 6.98. The summed E-state index contributed by atoms with van der Waals surface area (Å²) in [5.74, 6) is -1.52. The quantitative estimate of drug-likeness (QED) is 0.654. The number of carbonyl (C=O) groups excluding carboxylic acids is 2. The molecule has 108 valence electrons. The molecular formula is C14H12FN3O2S. The monoisotopic (exact) mass is 305 g/mol. The third-order valence-electron chi connectivity index (χ3n) is 2.49. The zero-order valence-electron chi connectivity index (χ0n) is 10.9. The van der Waals surface area contributed by atoms with Crippen molar-refractivity contribution in [3.05, 3.63) is 54.1 Å². The third-order valence-corrected chi connectivity index (χ3v) is 3.59. The van der Waals surface area contributed by atoms with Crippen LogP contribution in [0.2, 0.25) is 0 Å². The maximum atomic E-state index is 13.0. The molecule has 5 nitrogen and oxygen atoms in total. The van der Waals surface area contributed by atoms with E-state index in [1.165, 1.54) is 24.0 Å². The number of hydrogen-bond acceptors (Lipinski definition) is 4. The molecule has 0 atom stereocenters. The number of nitrogens with two attached hydrogens (primary N) is 1. The van der Waals surface area contributed by atoms with Gasteiger partial charge in [0.1, 0.15) is 0 Å². The van der Waals surface area contributed by atoms with Crippen LogP contribution in [0.5, 0.6) is 0 Å². The average molecular weight is 305 g/mol. The van der Waals surface area contributed by atoms with E-state index in [0.717, 1.165) is 6.07 Å². The minimum absolute atomic E-state index is 0.108. The Kier molecular flexibility index (Phi) is 4.89. The van der Waals surface area contributed by atoms with Crippen molar-refractivity contribution in [3.63, 3.8) is 0 Å². The first-order chi connectivity index (χ1) is 10.1. The second-order valence-corrected chi connectivity index (χ2v) is 5.09. The first-order valence-electron chi connectivity index (χ1n) is 5.99. The molecule has 3 N–H and O–H groups in total. The van der Waals surface area contributed by atoms with Crippen molar-refractivity contribution in [1.29, 1.82) is 0 Å². The molecule has 2 amide bonds. The van der Waals surface area contributed by atoms with Gasteiger partial charge in [-0.05, 0) is 18.2 Å². The van der Waals surface area contributed by atoms with Gasteiger partial charge in [-0.2, -0.15) is 4.39 Å². The molecule has 0 aliphatic carbocycles. The number of rotatable bonds is 5. The van der Waals surface area contributed by atoms with Gasteiger partial charge in [-0.3, -0.25) is 9.59 Å². The zero-order chi connectivity index (χ0) is 15.2. The number of thioether (sulfide) groups is 1. The first kappa shape index (κ1) is 15.0. The number of hydrogen-bond donors (Lipinski definition) is 2. The van der Waals surface area contributed by atoms with Gasteiger partial charge in [-0.25, -0.2) is 4.98 Å². The van der Waals surface area contributed by atoms with Crippen LogP contribution in [0.15, 0.2) is 47.5 Å². The smallest absolute Gasteiger partial charge is 0.255 e. The number of primary amides is 1. The molecule has 0 radical (unpaired) electrons. The fourth-order valence-corrected chi connectivity index (χ4v) is 2.33. The molecule has 21 heavy (non-hydrogen) atoms. The number of halogens is 1. The van der Waals surface area contributed by atoms with Crippen LogP contribution in [0.3, 0.4) is 0 Å². The maximum absolute atomic E-state index is 13.0. The summed E-state index contributed by atoms with van der Waals surface area (Å²) in [6, 6.07) is 9.45. The van der Waals surface area contributed by atoms with Crippen molar-refractivity contribution in [2.24, 2.45) is 5.73 Å². The summed E-state index contributed by atoms with van der Waals surface area (Å²) in [6.07, 6.45) is 1.22. The van der Waals surface area contributed by atoms with Crippen molar-refractivity contribution in [2.75, 3.05) is 11.1 Å². The highest BCUT2D eigenvalue weighted by Crippen LogP contribution is 2.27. The molecule has 0 fully saturated rings. The molecule has 2 rings (SSSR count). The molecule has 7 heteroatoms. The van der Waals surface area contributed by atoms with E-state index in [2.05, 4.69) is 10.3 Å². The van der Waals surface area contributed by atoms with Crippen LogP contribution >= 0.6 is 11.8 Å². The fraction of sp³-hybridized carbons (Fsp3) is 0.0714. The molecule has 0 saturated heterocycles. The van der Waals surface area contributed by atoms with Gasteiger partial charge in [-0.15, -0.1) is 11.8 Å². The Morgan fingerprint density at radius 1 is 1.29 bits per heavy atom. The second-order valence-electron chi connectivity index (χ2n) is 4.07. The number of carbonyl (C=O) groups is 2. The highest BCUT2D eigenvalue weighted by Gasteiger charge is 2.10. The lowest BCUT2D eigenvalue weighted by atomic mass is 10.2. The highest BCUT2D eigenvalue weighted by molar-refractivity contribution is 8.00. The Bertz CT molecular complexity index is 679. The van der Waals surface area contributed by atoms with Crippen LogP contribution in [0.4, 0.5) is 10.1 Å². The highest BCUT2D eigenvalue weighted by atomic mass is 32.2. The van der Waals surface area contributed by atoms with E-state index < -0.39 is 17.8 Å². The van der Waals surface area contributed by atoms with E-state index in [1.807, 2.05) is 0 Å². The van der Waals surface area contributed by atoms with Gasteiger partial charge in [-0.1, -0.05) is 12.1 Å². The molecule has 0 saturated carbocycles. The number of amides is 2. The zero-order valence-corrected chi connectivity index (χ0v) is 11.7. The minimum Gasteiger partial charge on any atom is -0.369 e. The summed E-state index contributed by atoms with van der Waals surface area (Å²) < 4.78 is 13.0. The van der Waals surface area contributed by atoms with Gasteiger partial charge in [0, 0.05) is 22.7 Å². The molecule has 0 aliphatic rings. The Morgan fingerprint density at radius 2 is 2.05 bits per heavy atom. The number of para-hydroxylation sites is 1. The van der Waals surface area contributed by atoms with Crippen LogP contribution in [-0.4, -0.2) is 22.6 Å². The predicted molar refractivity (Wildman–Crippen MR) is 78.5 cm³/mol. The molecular weight excluding hydrogens is 293 g/mol. The average Bonchev–Trinajstić information content (AvgIpc) is 2.46. The number of anilines is 1. The Balaban J connectivity index is 2.15. The topological polar surface area (TPSA) is 85.1 Å². The van der Waals surface area contributed by atoms with Crippen LogP contribution in [0, 0.1) is 5.95 Å². The van der Waals surface area contributed by atoms with E-state index in [-0.39, 0.29) is 11.3 Å². The lowest BCUT2D eigenvalue weighted by molar-refractivity contribution is -0.115. The lowest BCUT2D eigenvalue weighted by Gasteiger charge is -2.10.